The molecule has 1 aliphatic rings. The normalized spacial score (nSPS) is 17.2. The number of hydrogen-bond donors (Lipinski definition) is 1. The maximum atomic E-state index is 12.1. The minimum atomic E-state index is -3.38. The van der Waals surface area contributed by atoms with Crippen molar-refractivity contribution in [1.82, 2.24) is 9.78 Å². The first-order chi connectivity index (χ1) is 7.72. The average Bonchev–Trinajstić information content (AvgIpc) is 2.93. The Morgan fingerprint density at radius 3 is 2.47 bits per heavy atom. The van der Waals surface area contributed by atoms with Crippen LogP contribution in [0.3, 0.4) is 0 Å². The molecule has 5 nitrogen and oxygen atoms in total. The van der Waals surface area contributed by atoms with Gasteiger partial charge < -0.3 is 0 Å². The molecule has 1 aromatic rings. The molecule has 1 heterocycles. The number of sulfonamides is 1. The summed E-state index contributed by atoms with van der Waals surface area (Å²) in [7, 11) is -1.63. The van der Waals surface area contributed by atoms with Crippen LogP contribution in [0.2, 0.25) is 0 Å². The lowest BCUT2D eigenvalue weighted by molar-refractivity contribution is 0.565. The van der Waals surface area contributed by atoms with Gasteiger partial charge in [-0.1, -0.05) is 0 Å². The maximum absolute atomic E-state index is 12.1. The third-order valence-corrected chi connectivity index (χ3v) is 5.10. The lowest BCUT2D eigenvalue weighted by atomic mass is 10.2. The summed E-state index contributed by atoms with van der Waals surface area (Å²) in [5, 5.41) is 4.13. The van der Waals surface area contributed by atoms with Gasteiger partial charge >= 0.3 is 0 Å². The Hall–Kier alpha value is -1.04. The molecule has 1 saturated carbocycles. The highest BCUT2D eigenvalue weighted by Gasteiger charge is 2.34. The van der Waals surface area contributed by atoms with Gasteiger partial charge in [0.2, 0.25) is 10.0 Å². The first kappa shape index (κ1) is 12.4. The van der Waals surface area contributed by atoms with E-state index in [4.69, 9.17) is 0 Å². The zero-order valence-electron chi connectivity index (χ0n) is 10.7. The molecule has 6 heteroatoms. The molecule has 1 aliphatic carbocycles. The van der Waals surface area contributed by atoms with Crippen molar-refractivity contribution in [2.24, 2.45) is 7.05 Å². The van der Waals surface area contributed by atoms with Crippen LogP contribution in [0.5, 0.6) is 0 Å². The molecule has 96 valence electrons. The second kappa shape index (κ2) is 3.73. The molecule has 0 atom stereocenters. The van der Waals surface area contributed by atoms with Crippen molar-refractivity contribution in [3.8, 4) is 0 Å². The third-order valence-electron chi connectivity index (χ3n) is 3.02. The Morgan fingerprint density at radius 2 is 2.00 bits per heavy atom. The van der Waals surface area contributed by atoms with E-state index in [0.29, 0.717) is 11.7 Å². The number of rotatable bonds is 3. The number of nitrogens with one attached hydrogen (secondary N) is 1. The third kappa shape index (κ3) is 2.31. The van der Waals surface area contributed by atoms with Crippen molar-refractivity contribution < 1.29 is 8.42 Å². The van der Waals surface area contributed by atoms with Crippen LogP contribution in [0.4, 0.5) is 5.82 Å². The van der Waals surface area contributed by atoms with Crippen molar-refractivity contribution in [3.05, 3.63) is 11.8 Å². The average molecular weight is 257 g/mol. The Bertz CT molecular complexity index is 521. The Kier molecular flexibility index (Phi) is 2.72. The number of aromatic nitrogens is 2. The van der Waals surface area contributed by atoms with Crippen LogP contribution in [-0.2, 0) is 17.1 Å². The summed E-state index contributed by atoms with van der Waals surface area (Å²) >= 11 is 0. The van der Waals surface area contributed by atoms with Gasteiger partial charge in [-0.2, -0.15) is 5.10 Å². The van der Waals surface area contributed by atoms with Crippen molar-refractivity contribution in [2.45, 2.75) is 44.3 Å². The fourth-order valence-electron chi connectivity index (χ4n) is 1.55. The molecule has 0 saturated heterocycles. The van der Waals surface area contributed by atoms with Gasteiger partial charge in [-0.05, 0) is 39.5 Å². The quantitative estimate of drug-likeness (QED) is 0.898. The van der Waals surface area contributed by atoms with Crippen molar-refractivity contribution in [3.63, 3.8) is 0 Å². The number of nitrogens with zero attached hydrogens (tertiary/aromatic N) is 2. The van der Waals surface area contributed by atoms with Crippen LogP contribution in [0.1, 0.15) is 45.1 Å². The molecule has 1 aromatic heterocycles. The van der Waals surface area contributed by atoms with Crippen molar-refractivity contribution in [1.29, 1.82) is 0 Å². The molecule has 2 rings (SSSR count). The van der Waals surface area contributed by atoms with E-state index in [1.54, 1.807) is 38.7 Å². The van der Waals surface area contributed by atoms with E-state index >= 15 is 0 Å². The van der Waals surface area contributed by atoms with Gasteiger partial charge in [0.05, 0.1) is 10.9 Å². The fraction of sp³-hybridized carbons (Fsp3) is 0.727. The summed E-state index contributed by atoms with van der Waals surface area (Å²) in [4.78, 5) is 0. The minimum absolute atomic E-state index is 0.473. The summed E-state index contributed by atoms with van der Waals surface area (Å²) in [6.07, 6.45) is 4.00. The van der Waals surface area contributed by atoms with Gasteiger partial charge in [-0.3, -0.25) is 9.40 Å². The van der Waals surface area contributed by atoms with Crippen molar-refractivity contribution >= 4 is 15.8 Å². The molecule has 17 heavy (non-hydrogen) atoms. The SMILES string of the molecule is Cn1ncc(C2CC2)c1NS(=O)(=O)C(C)(C)C. The molecule has 0 bridgehead atoms. The molecular weight excluding hydrogens is 238 g/mol. The summed E-state index contributed by atoms with van der Waals surface area (Å²) in [5.74, 6) is 1.09. The second-order valence-corrected chi connectivity index (χ2v) is 8.00. The van der Waals surface area contributed by atoms with Crippen LogP contribution in [0.15, 0.2) is 6.20 Å². The molecule has 1 fully saturated rings. The highest BCUT2D eigenvalue weighted by molar-refractivity contribution is 7.94. The smallest absolute Gasteiger partial charge is 0.238 e. The van der Waals surface area contributed by atoms with Gasteiger partial charge in [-0.25, -0.2) is 8.42 Å². The first-order valence-electron chi connectivity index (χ1n) is 5.76. The summed E-state index contributed by atoms with van der Waals surface area (Å²) in [6, 6.07) is 0. The summed E-state index contributed by atoms with van der Waals surface area (Å²) in [6.45, 7) is 5.05. The van der Waals surface area contributed by atoms with Crippen LogP contribution >= 0.6 is 0 Å². The van der Waals surface area contributed by atoms with E-state index in [-0.39, 0.29) is 0 Å². The van der Waals surface area contributed by atoms with E-state index in [2.05, 4.69) is 9.82 Å². The van der Waals surface area contributed by atoms with Crippen LogP contribution < -0.4 is 4.72 Å². The van der Waals surface area contributed by atoms with Gasteiger partial charge in [0.15, 0.2) is 0 Å². The summed E-state index contributed by atoms with van der Waals surface area (Å²) < 4.78 is 27.7. The number of anilines is 1. The molecule has 0 radical (unpaired) electrons. The molecule has 0 aromatic carbocycles. The van der Waals surface area contributed by atoms with E-state index in [1.807, 2.05) is 0 Å². The monoisotopic (exact) mass is 257 g/mol. The van der Waals surface area contributed by atoms with E-state index < -0.39 is 14.8 Å². The standard InChI is InChI=1S/C11H19N3O2S/c1-11(2,3)17(15,16)13-10-9(8-5-6-8)7-12-14(10)4/h7-8,13H,5-6H2,1-4H3. The number of aryl methyl sites for hydroxylation is 1. The molecule has 0 spiro atoms. The predicted octanol–water partition coefficient (Wildman–Crippen LogP) is 1.84. The summed E-state index contributed by atoms with van der Waals surface area (Å²) in [5.41, 5.74) is 1.01. The molecular formula is C11H19N3O2S. The maximum Gasteiger partial charge on any atom is 0.238 e. The zero-order chi connectivity index (χ0) is 12.8. The topological polar surface area (TPSA) is 64.0 Å². The highest BCUT2D eigenvalue weighted by Crippen LogP contribution is 2.43. The molecule has 0 aliphatic heterocycles. The Labute approximate surface area is 102 Å². The lowest BCUT2D eigenvalue weighted by Gasteiger charge is -2.21. The number of hydrogen-bond acceptors (Lipinski definition) is 3. The predicted molar refractivity (Wildman–Crippen MR) is 67.5 cm³/mol. The highest BCUT2D eigenvalue weighted by atomic mass is 32.2. The van der Waals surface area contributed by atoms with Gasteiger partial charge in [0.25, 0.3) is 0 Å². The molecule has 1 N–H and O–H groups in total. The zero-order valence-corrected chi connectivity index (χ0v) is 11.5. The first-order valence-corrected chi connectivity index (χ1v) is 7.25. The molecule has 0 unspecified atom stereocenters. The van der Waals surface area contributed by atoms with Crippen molar-refractivity contribution in [2.75, 3.05) is 4.72 Å². The largest absolute Gasteiger partial charge is 0.267 e. The second-order valence-electron chi connectivity index (χ2n) is 5.56. The van der Waals surface area contributed by atoms with Crippen LogP contribution in [-0.4, -0.2) is 22.9 Å². The van der Waals surface area contributed by atoms with Gasteiger partial charge in [0.1, 0.15) is 5.82 Å². The van der Waals surface area contributed by atoms with Crippen LogP contribution in [0, 0.1) is 0 Å². The van der Waals surface area contributed by atoms with E-state index in [1.165, 1.54) is 0 Å². The minimum Gasteiger partial charge on any atom is -0.267 e. The van der Waals surface area contributed by atoms with E-state index in [0.717, 1.165) is 18.4 Å². The van der Waals surface area contributed by atoms with Crippen LogP contribution in [0.25, 0.3) is 0 Å². The Morgan fingerprint density at radius 1 is 1.41 bits per heavy atom. The van der Waals surface area contributed by atoms with E-state index in [9.17, 15) is 8.42 Å². The molecule has 0 amide bonds. The van der Waals surface area contributed by atoms with Gasteiger partial charge in [-0.15, -0.1) is 0 Å². The Balaban J connectivity index is 2.33. The van der Waals surface area contributed by atoms with Gasteiger partial charge in [0, 0.05) is 12.6 Å². The fourth-order valence-corrected chi connectivity index (χ4v) is 2.36. The lowest BCUT2D eigenvalue weighted by Crippen LogP contribution is -2.34.